The van der Waals surface area contributed by atoms with Crippen molar-refractivity contribution in [1.82, 2.24) is 10.3 Å². The van der Waals surface area contributed by atoms with Crippen molar-refractivity contribution in [2.24, 2.45) is 0 Å². The molecule has 2 atom stereocenters. The first-order chi connectivity index (χ1) is 17.6. The van der Waals surface area contributed by atoms with Gasteiger partial charge in [-0.1, -0.05) is 0 Å². The van der Waals surface area contributed by atoms with Crippen LogP contribution in [-0.2, 0) is 9.53 Å². The summed E-state index contributed by atoms with van der Waals surface area (Å²) in [6, 6.07) is 15.7. The molecular formula is C26H24N6O3S. The van der Waals surface area contributed by atoms with Gasteiger partial charge in [0, 0.05) is 53.5 Å². The summed E-state index contributed by atoms with van der Waals surface area (Å²) in [5, 5.41) is 16.7. The number of nitrogens with one attached hydrogen (secondary N) is 2. The van der Waals surface area contributed by atoms with E-state index in [9.17, 15) is 14.9 Å². The van der Waals surface area contributed by atoms with E-state index >= 15 is 0 Å². The van der Waals surface area contributed by atoms with Crippen LogP contribution in [0, 0.1) is 11.3 Å². The number of hydrogen-bond acceptors (Lipinski definition) is 8. The van der Waals surface area contributed by atoms with Crippen molar-refractivity contribution in [2.75, 3.05) is 47.0 Å². The molecule has 2 amide bonds. The normalized spacial score (nSPS) is 21.3. The van der Waals surface area contributed by atoms with Crippen LogP contribution in [0.2, 0.25) is 0 Å². The molecule has 4 heterocycles. The summed E-state index contributed by atoms with van der Waals surface area (Å²) >= 11 is 1.49. The number of amides is 2. The van der Waals surface area contributed by atoms with Crippen molar-refractivity contribution in [3.05, 3.63) is 54.2 Å². The third-order valence-electron chi connectivity index (χ3n) is 6.79. The van der Waals surface area contributed by atoms with Crippen LogP contribution in [0.5, 0.6) is 0 Å². The fraction of sp³-hybridized carbons (Fsp3) is 0.308. The molecular weight excluding hydrogens is 476 g/mol. The Bertz CT molecular complexity index is 1410. The Balaban J connectivity index is 1.08. The molecule has 0 spiro atoms. The van der Waals surface area contributed by atoms with Crippen molar-refractivity contribution in [2.45, 2.75) is 23.5 Å². The van der Waals surface area contributed by atoms with Gasteiger partial charge in [0.2, 0.25) is 5.91 Å². The second kappa shape index (κ2) is 9.33. The van der Waals surface area contributed by atoms with E-state index in [-0.39, 0.29) is 24.1 Å². The van der Waals surface area contributed by atoms with E-state index in [1.807, 2.05) is 42.6 Å². The molecule has 3 aliphatic heterocycles. The van der Waals surface area contributed by atoms with E-state index in [1.165, 1.54) is 11.8 Å². The molecule has 3 aromatic rings. The number of carbonyl (C=O) groups is 2. The van der Waals surface area contributed by atoms with Crippen molar-refractivity contribution >= 4 is 51.7 Å². The van der Waals surface area contributed by atoms with Gasteiger partial charge < -0.3 is 20.3 Å². The number of carbonyl (C=O) groups excluding carboxylic acids is 2. The predicted molar refractivity (Wildman–Crippen MR) is 138 cm³/mol. The Hall–Kier alpha value is -3.81. The Labute approximate surface area is 212 Å². The number of rotatable bonds is 5. The molecule has 10 heteroatoms. The van der Waals surface area contributed by atoms with Crippen LogP contribution < -0.4 is 20.4 Å². The third-order valence-corrected chi connectivity index (χ3v) is 7.87. The largest absolute Gasteiger partial charge is 0.443 e. The van der Waals surface area contributed by atoms with Gasteiger partial charge in [0.1, 0.15) is 6.10 Å². The highest BCUT2D eigenvalue weighted by molar-refractivity contribution is 8.00. The fourth-order valence-electron chi connectivity index (χ4n) is 5.00. The average molecular weight is 501 g/mol. The first-order valence-electron chi connectivity index (χ1n) is 11.9. The van der Waals surface area contributed by atoms with E-state index < -0.39 is 0 Å². The van der Waals surface area contributed by atoms with Gasteiger partial charge in [-0.2, -0.15) is 5.26 Å². The molecule has 0 aliphatic carbocycles. The van der Waals surface area contributed by atoms with E-state index in [4.69, 9.17) is 4.74 Å². The topological polar surface area (TPSA) is 111 Å². The Morgan fingerprint density at radius 3 is 3.00 bits per heavy atom. The first-order valence-corrected chi connectivity index (χ1v) is 12.9. The van der Waals surface area contributed by atoms with Crippen molar-refractivity contribution < 1.29 is 14.3 Å². The number of thioether (sulfide) groups is 1. The summed E-state index contributed by atoms with van der Waals surface area (Å²) in [6.07, 6.45) is 2.14. The Morgan fingerprint density at radius 2 is 2.11 bits per heavy atom. The lowest BCUT2D eigenvalue weighted by Gasteiger charge is -2.21. The zero-order chi connectivity index (χ0) is 24.6. The average Bonchev–Trinajstić information content (AvgIpc) is 3.52. The monoisotopic (exact) mass is 500 g/mol. The van der Waals surface area contributed by atoms with E-state index in [0.717, 1.165) is 52.4 Å². The molecule has 0 saturated carbocycles. The molecule has 0 bridgehead atoms. The van der Waals surface area contributed by atoms with Crippen LogP contribution in [0.3, 0.4) is 0 Å². The Morgan fingerprint density at radius 1 is 1.19 bits per heavy atom. The van der Waals surface area contributed by atoms with Crippen molar-refractivity contribution in [1.29, 1.82) is 5.26 Å². The molecule has 6 rings (SSSR count). The van der Waals surface area contributed by atoms with Gasteiger partial charge in [-0.25, -0.2) is 4.79 Å². The lowest BCUT2D eigenvalue weighted by atomic mass is 10.1. The molecule has 36 heavy (non-hydrogen) atoms. The number of ether oxygens (including phenoxy) is 1. The number of aromatic nitrogens is 1. The number of cyclic esters (lactones) is 1. The van der Waals surface area contributed by atoms with E-state index in [1.54, 1.807) is 11.0 Å². The van der Waals surface area contributed by atoms with Crippen LogP contribution >= 0.6 is 11.8 Å². The minimum Gasteiger partial charge on any atom is -0.443 e. The van der Waals surface area contributed by atoms with Gasteiger partial charge in [0.05, 0.1) is 35.1 Å². The lowest BCUT2D eigenvalue weighted by molar-refractivity contribution is -0.113. The maximum absolute atomic E-state index is 12.6. The number of nitrogens with zero attached hydrogens (tertiary/aromatic N) is 4. The molecule has 182 valence electrons. The number of hydrogen-bond donors (Lipinski definition) is 2. The minimum absolute atomic E-state index is 0.0356. The highest BCUT2D eigenvalue weighted by atomic mass is 32.2. The number of nitriles is 1. The van der Waals surface area contributed by atoms with Gasteiger partial charge in [-0.05, 0) is 48.9 Å². The second-order valence-electron chi connectivity index (χ2n) is 9.15. The third kappa shape index (κ3) is 4.32. The zero-order valence-electron chi connectivity index (χ0n) is 19.4. The zero-order valence-corrected chi connectivity index (χ0v) is 20.3. The summed E-state index contributed by atoms with van der Waals surface area (Å²) in [5.41, 5.74) is 4.04. The number of fused-ring (bicyclic) bond motifs is 2. The summed E-state index contributed by atoms with van der Waals surface area (Å²) in [7, 11) is 0. The summed E-state index contributed by atoms with van der Waals surface area (Å²) in [4.78, 5) is 33.7. The predicted octanol–water partition coefficient (Wildman–Crippen LogP) is 3.34. The fourth-order valence-corrected chi connectivity index (χ4v) is 5.79. The van der Waals surface area contributed by atoms with E-state index in [0.29, 0.717) is 24.4 Å². The van der Waals surface area contributed by atoms with Gasteiger partial charge in [0.25, 0.3) is 0 Å². The van der Waals surface area contributed by atoms with Crippen molar-refractivity contribution in [3.8, 4) is 6.07 Å². The maximum Gasteiger partial charge on any atom is 0.414 e. The second-order valence-corrected chi connectivity index (χ2v) is 10.2. The van der Waals surface area contributed by atoms with Gasteiger partial charge >= 0.3 is 6.09 Å². The van der Waals surface area contributed by atoms with Crippen LogP contribution in [0.1, 0.15) is 12.0 Å². The quantitative estimate of drug-likeness (QED) is 0.549. The highest BCUT2D eigenvalue weighted by Gasteiger charge is 2.34. The van der Waals surface area contributed by atoms with Gasteiger partial charge in [0.15, 0.2) is 0 Å². The smallest absolute Gasteiger partial charge is 0.414 e. The number of pyridine rings is 1. The Kier molecular flexibility index (Phi) is 5.87. The standard InChI is InChI=1S/C26H24N6O3S/c27-11-16-1-3-21-20(9-16)23(5-7-28-21)31-8-6-17(13-31)29-12-19-14-32(26(34)35-19)18-2-4-24-22(10-18)30-25(33)15-36-24/h1-5,7,9-10,17,19,29H,6,8,12-15H2,(H,30,33). The van der Waals surface area contributed by atoms with Crippen LogP contribution in [0.25, 0.3) is 10.9 Å². The maximum atomic E-state index is 12.6. The molecule has 0 radical (unpaired) electrons. The molecule has 1 aromatic heterocycles. The molecule has 2 saturated heterocycles. The molecule has 2 N–H and O–H groups in total. The SMILES string of the molecule is N#Cc1ccc2nccc(N3CCC(NCC4CN(c5ccc6c(c5)NC(=O)CS6)C(=O)O4)C3)c2c1. The van der Waals surface area contributed by atoms with Crippen LogP contribution in [0.15, 0.2) is 53.6 Å². The van der Waals surface area contributed by atoms with Gasteiger partial charge in [-0.15, -0.1) is 11.8 Å². The van der Waals surface area contributed by atoms with E-state index in [2.05, 4.69) is 26.6 Å². The number of anilines is 3. The first kappa shape index (κ1) is 22.6. The minimum atomic E-state index is -0.374. The summed E-state index contributed by atoms with van der Waals surface area (Å²) in [6.45, 7) is 2.73. The highest BCUT2D eigenvalue weighted by Crippen LogP contribution is 2.35. The van der Waals surface area contributed by atoms with Crippen LogP contribution in [0.4, 0.5) is 21.9 Å². The van der Waals surface area contributed by atoms with Gasteiger partial charge in [-0.3, -0.25) is 14.7 Å². The van der Waals surface area contributed by atoms with Crippen molar-refractivity contribution in [3.63, 3.8) is 0 Å². The molecule has 2 unspecified atom stereocenters. The number of benzene rings is 2. The molecule has 9 nitrogen and oxygen atoms in total. The summed E-state index contributed by atoms with van der Waals surface area (Å²) < 4.78 is 5.63. The molecule has 2 aromatic carbocycles. The summed E-state index contributed by atoms with van der Waals surface area (Å²) in [5.74, 6) is 0.370. The molecule has 2 fully saturated rings. The lowest BCUT2D eigenvalue weighted by Crippen LogP contribution is -2.39. The molecule has 3 aliphatic rings. The van der Waals surface area contributed by atoms with Crippen LogP contribution in [-0.4, -0.2) is 61.1 Å².